The van der Waals surface area contributed by atoms with Gasteiger partial charge in [0.2, 0.25) is 0 Å². The summed E-state index contributed by atoms with van der Waals surface area (Å²) in [5.74, 6) is -0.463. The molecule has 0 bridgehead atoms. The summed E-state index contributed by atoms with van der Waals surface area (Å²) in [4.78, 5) is 0.0507. The molecule has 20 heavy (non-hydrogen) atoms. The lowest BCUT2D eigenvalue weighted by Crippen LogP contribution is -2.13. The molecular weight excluding hydrogens is 415 g/mol. The molecular formula is C12H9Br2FN2O2S. The Morgan fingerprint density at radius 2 is 1.75 bits per heavy atom. The predicted molar refractivity (Wildman–Crippen MR) is 83.5 cm³/mol. The number of hydrogen-bond donors (Lipinski definition) is 2. The Morgan fingerprint density at radius 1 is 1.05 bits per heavy atom. The van der Waals surface area contributed by atoms with Gasteiger partial charge in [-0.25, -0.2) is 12.8 Å². The normalized spacial score (nSPS) is 11.3. The van der Waals surface area contributed by atoms with Gasteiger partial charge in [-0.05, 0) is 68.3 Å². The van der Waals surface area contributed by atoms with Gasteiger partial charge in [-0.2, -0.15) is 0 Å². The average Bonchev–Trinajstić information content (AvgIpc) is 2.36. The molecule has 2 rings (SSSR count). The molecule has 0 spiro atoms. The van der Waals surface area contributed by atoms with Crippen LogP contribution in [0.3, 0.4) is 0 Å². The van der Waals surface area contributed by atoms with Gasteiger partial charge < -0.3 is 5.73 Å². The Labute approximate surface area is 132 Å². The van der Waals surface area contributed by atoms with Crippen LogP contribution < -0.4 is 10.5 Å². The zero-order chi connectivity index (χ0) is 14.9. The maximum absolute atomic E-state index is 13.0. The molecule has 0 heterocycles. The third kappa shape index (κ3) is 3.31. The van der Waals surface area contributed by atoms with E-state index in [1.165, 1.54) is 36.4 Å². The van der Waals surface area contributed by atoms with Crippen LogP contribution in [0.15, 0.2) is 50.2 Å². The molecule has 0 aliphatic rings. The Hall–Kier alpha value is -1.12. The van der Waals surface area contributed by atoms with Gasteiger partial charge in [-0.1, -0.05) is 0 Å². The Balaban J connectivity index is 2.38. The van der Waals surface area contributed by atoms with Crippen molar-refractivity contribution in [3.05, 3.63) is 51.2 Å². The first-order chi connectivity index (χ1) is 9.29. The SMILES string of the molecule is Nc1ccc(S(=O)(=O)Nc2ccc(F)cc2Br)cc1Br. The summed E-state index contributed by atoms with van der Waals surface area (Å²) in [5, 5.41) is 0. The third-order valence-electron chi connectivity index (χ3n) is 2.46. The fraction of sp³-hybridized carbons (Fsp3) is 0. The largest absolute Gasteiger partial charge is 0.398 e. The van der Waals surface area contributed by atoms with E-state index >= 15 is 0 Å². The van der Waals surface area contributed by atoms with Gasteiger partial charge in [0.1, 0.15) is 5.82 Å². The number of sulfonamides is 1. The van der Waals surface area contributed by atoms with E-state index in [1.807, 2.05) is 0 Å². The van der Waals surface area contributed by atoms with E-state index < -0.39 is 15.8 Å². The zero-order valence-corrected chi connectivity index (χ0v) is 13.9. The van der Waals surface area contributed by atoms with Crippen molar-refractivity contribution < 1.29 is 12.8 Å². The van der Waals surface area contributed by atoms with Crippen LogP contribution in [0.25, 0.3) is 0 Å². The first-order valence-corrected chi connectivity index (χ1v) is 8.39. The van der Waals surface area contributed by atoms with E-state index in [9.17, 15) is 12.8 Å². The lowest BCUT2D eigenvalue weighted by Gasteiger charge is -2.10. The number of halogens is 3. The molecule has 0 saturated heterocycles. The number of anilines is 2. The molecule has 0 aromatic heterocycles. The summed E-state index contributed by atoms with van der Waals surface area (Å²) in [6, 6.07) is 7.95. The number of benzene rings is 2. The number of nitrogen functional groups attached to an aromatic ring is 1. The molecule has 0 saturated carbocycles. The molecule has 0 aliphatic carbocycles. The fourth-order valence-corrected chi connectivity index (χ4v) is 3.67. The second-order valence-electron chi connectivity index (χ2n) is 3.91. The molecule has 0 atom stereocenters. The van der Waals surface area contributed by atoms with Gasteiger partial charge in [0.15, 0.2) is 0 Å². The highest BCUT2D eigenvalue weighted by Gasteiger charge is 2.16. The highest BCUT2D eigenvalue weighted by atomic mass is 79.9. The molecule has 2 aromatic carbocycles. The van der Waals surface area contributed by atoms with Crippen LogP contribution in [-0.4, -0.2) is 8.42 Å². The second-order valence-corrected chi connectivity index (χ2v) is 7.30. The van der Waals surface area contributed by atoms with E-state index in [0.29, 0.717) is 14.6 Å². The van der Waals surface area contributed by atoms with E-state index in [0.717, 1.165) is 0 Å². The quantitative estimate of drug-likeness (QED) is 0.738. The molecule has 8 heteroatoms. The van der Waals surface area contributed by atoms with Crippen LogP contribution in [0.1, 0.15) is 0 Å². The fourth-order valence-electron chi connectivity index (χ4n) is 1.45. The number of rotatable bonds is 3. The Kier molecular flexibility index (Phi) is 4.36. The van der Waals surface area contributed by atoms with Crippen LogP contribution in [0, 0.1) is 5.82 Å². The van der Waals surface area contributed by atoms with Gasteiger partial charge >= 0.3 is 0 Å². The molecule has 4 nitrogen and oxygen atoms in total. The number of hydrogen-bond acceptors (Lipinski definition) is 3. The van der Waals surface area contributed by atoms with E-state index in [4.69, 9.17) is 5.73 Å². The monoisotopic (exact) mass is 422 g/mol. The molecule has 0 fully saturated rings. The predicted octanol–water partition coefficient (Wildman–Crippen LogP) is 3.73. The summed E-state index contributed by atoms with van der Waals surface area (Å²) >= 11 is 6.27. The zero-order valence-electron chi connectivity index (χ0n) is 9.90. The number of nitrogens with two attached hydrogens (primary N) is 1. The molecule has 2 aromatic rings. The lowest BCUT2D eigenvalue weighted by molar-refractivity contribution is 0.601. The van der Waals surface area contributed by atoms with Crippen LogP contribution in [0.2, 0.25) is 0 Å². The van der Waals surface area contributed by atoms with Crippen molar-refractivity contribution in [1.29, 1.82) is 0 Å². The standard InChI is InChI=1S/C12H9Br2FN2O2S/c13-9-6-8(2-3-11(9)16)20(18,19)17-12-4-1-7(15)5-10(12)14/h1-6,17H,16H2. The molecule has 3 N–H and O–H groups in total. The van der Waals surface area contributed by atoms with E-state index in [-0.39, 0.29) is 10.6 Å². The topological polar surface area (TPSA) is 72.2 Å². The molecule has 0 aliphatic heterocycles. The Bertz CT molecular complexity index is 766. The number of nitrogens with one attached hydrogen (secondary N) is 1. The average molecular weight is 424 g/mol. The van der Waals surface area contributed by atoms with Gasteiger partial charge in [0, 0.05) is 14.6 Å². The van der Waals surface area contributed by atoms with Crippen molar-refractivity contribution in [3.8, 4) is 0 Å². The van der Waals surface area contributed by atoms with Crippen molar-refractivity contribution in [1.82, 2.24) is 0 Å². The molecule has 106 valence electrons. The van der Waals surface area contributed by atoms with Crippen LogP contribution >= 0.6 is 31.9 Å². The first kappa shape index (κ1) is 15.3. The van der Waals surface area contributed by atoms with Crippen LogP contribution in [0.4, 0.5) is 15.8 Å². The van der Waals surface area contributed by atoms with Gasteiger partial charge in [-0.3, -0.25) is 4.72 Å². The van der Waals surface area contributed by atoms with Crippen molar-refractivity contribution in [2.75, 3.05) is 10.5 Å². The van der Waals surface area contributed by atoms with Crippen molar-refractivity contribution in [2.24, 2.45) is 0 Å². The summed E-state index contributed by atoms with van der Waals surface area (Å²) in [7, 11) is -3.78. The summed E-state index contributed by atoms with van der Waals surface area (Å²) < 4.78 is 40.6. The maximum atomic E-state index is 13.0. The molecule has 0 amide bonds. The van der Waals surface area contributed by atoms with Crippen LogP contribution in [0.5, 0.6) is 0 Å². The maximum Gasteiger partial charge on any atom is 0.261 e. The van der Waals surface area contributed by atoms with Crippen molar-refractivity contribution >= 4 is 53.3 Å². The minimum absolute atomic E-state index is 0.0507. The van der Waals surface area contributed by atoms with E-state index in [2.05, 4.69) is 36.6 Å². The van der Waals surface area contributed by atoms with Crippen molar-refractivity contribution in [2.45, 2.75) is 4.90 Å². The molecule has 0 unspecified atom stereocenters. The van der Waals surface area contributed by atoms with E-state index in [1.54, 1.807) is 0 Å². The van der Waals surface area contributed by atoms with Gasteiger partial charge in [0.05, 0.1) is 10.6 Å². The summed E-state index contributed by atoms with van der Waals surface area (Å²) in [6.07, 6.45) is 0. The van der Waals surface area contributed by atoms with Gasteiger partial charge in [-0.15, -0.1) is 0 Å². The lowest BCUT2D eigenvalue weighted by atomic mass is 10.3. The first-order valence-electron chi connectivity index (χ1n) is 5.32. The minimum atomic E-state index is -3.78. The van der Waals surface area contributed by atoms with Crippen molar-refractivity contribution in [3.63, 3.8) is 0 Å². The molecule has 0 radical (unpaired) electrons. The van der Waals surface area contributed by atoms with Gasteiger partial charge in [0.25, 0.3) is 10.0 Å². The summed E-state index contributed by atoms with van der Waals surface area (Å²) in [5.41, 5.74) is 6.30. The third-order valence-corrected chi connectivity index (χ3v) is 5.16. The highest BCUT2D eigenvalue weighted by Crippen LogP contribution is 2.28. The van der Waals surface area contributed by atoms with Crippen LogP contribution in [-0.2, 0) is 10.0 Å². The smallest absolute Gasteiger partial charge is 0.261 e. The highest BCUT2D eigenvalue weighted by molar-refractivity contribution is 9.11. The summed E-state index contributed by atoms with van der Waals surface area (Å²) in [6.45, 7) is 0. The second kappa shape index (κ2) is 5.71. The minimum Gasteiger partial charge on any atom is -0.398 e. The Morgan fingerprint density at radius 3 is 2.35 bits per heavy atom.